The summed E-state index contributed by atoms with van der Waals surface area (Å²) < 4.78 is 0. The topological polar surface area (TPSA) is 28.2 Å². The summed E-state index contributed by atoms with van der Waals surface area (Å²) in [7, 11) is 1.96. The van der Waals surface area contributed by atoms with Crippen LogP contribution in [0.2, 0.25) is 0 Å². The fourth-order valence-corrected chi connectivity index (χ4v) is 2.90. The van der Waals surface area contributed by atoms with Gasteiger partial charge in [-0.05, 0) is 43.4 Å². The molecule has 3 heteroatoms. The summed E-state index contributed by atoms with van der Waals surface area (Å²) in [6.45, 7) is 10.2. The van der Waals surface area contributed by atoms with Crippen molar-refractivity contribution in [3.05, 3.63) is 23.9 Å². The van der Waals surface area contributed by atoms with Gasteiger partial charge >= 0.3 is 0 Å². The molecule has 1 aromatic rings. The van der Waals surface area contributed by atoms with Crippen molar-refractivity contribution in [2.45, 2.75) is 40.2 Å². The van der Waals surface area contributed by atoms with Crippen LogP contribution in [-0.4, -0.2) is 25.1 Å². The normalized spacial score (nSPS) is 17.8. The molecular formula is C16H27N3. The minimum Gasteiger partial charge on any atom is -0.357 e. The number of aromatic nitrogens is 1. The molecule has 1 saturated heterocycles. The quantitative estimate of drug-likeness (QED) is 0.906. The van der Waals surface area contributed by atoms with Crippen molar-refractivity contribution in [3.8, 4) is 0 Å². The van der Waals surface area contributed by atoms with Crippen LogP contribution < -0.4 is 10.2 Å². The predicted octanol–water partition coefficient (Wildman–Crippen LogP) is 3.06. The molecule has 106 valence electrons. The monoisotopic (exact) mass is 261 g/mol. The molecule has 0 aliphatic carbocycles. The van der Waals surface area contributed by atoms with E-state index in [2.05, 4.69) is 49.2 Å². The maximum absolute atomic E-state index is 4.74. The van der Waals surface area contributed by atoms with Crippen LogP contribution in [0.25, 0.3) is 0 Å². The van der Waals surface area contributed by atoms with Gasteiger partial charge in [-0.15, -0.1) is 0 Å². The molecule has 0 amide bonds. The zero-order chi connectivity index (χ0) is 13.9. The van der Waals surface area contributed by atoms with E-state index in [1.165, 1.54) is 12.8 Å². The van der Waals surface area contributed by atoms with E-state index in [-0.39, 0.29) is 0 Å². The van der Waals surface area contributed by atoms with Crippen LogP contribution in [0.15, 0.2) is 18.2 Å². The first kappa shape index (κ1) is 14.3. The summed E-state index contributed by atoms with van der Waals surface area (Å²) in [5.74, 6) is 1.98. The van der Waals surface area contributed by atoms with E-state index in [1.54, 1.807) is 0 Å². The molecule has 0 bridgehead atoms. The molecule has 3 nitrogen and oxygen atoms in total. The van der Waals surface area contributed by atoms with E-state index >= 15 is 0 Å². The molecule has 1 aromatic heterocycles. The van der Waals surface area contributed by atoms with Crippen molar-refractivity contribution in [3.63, 3.8) is 0 Å². The van der Waals surface area contributed by atoms with Gasteiger partial charge in [0.25, 0.3) is 0 Å². The zero-order valence-electron chi connectivity index (χ0n) is 12.7. The molecule has 0 unspecified atom stereocenters. The maximum atomic E-state index is 4.74. The Bertz CT molecular complexity index is 401. The minimum absolute atomic E-state index is 0.438. The van der Waals surface area contributed by atoms with Crippen LogP contribution in [0, 0.1) is 11.3 Å². The van der Waals surface area contributed by atoms with E-state index in [0.29, 0.717) is 5.41 Å². The van der Waals surface area contributed by atoms with Gasteiger partial charge in [0.2, 0.25) is 0 Å². The predicted molar refractivity (Wildman–Crippen MR) is 81.4 cm³/mol. The lowest BCUT2D eigenvalue weighted by Crippen LogP contribution is -2.38. The summed E-state index contributed by atoms with van der Waals surface area (Å²) in [5.41, 5.74) is 1.56. The fourth-order valence-electron chi connectivity index (χ4n) is 2.90. The summed E-state index contributed by atoms with van der Waals surface area (Å²) in [6, 6.07) is 6.34. The molecule has 2 heterocycles. The van der Waals surface area contributed by atoms with Crippen molar-refractivity contribution in [1.82, 2.24) is 10.3 Å². The number of piperidine rings is 1. The molecule has 0 saturated carbocycles. The van der Waals surface area contributed by atoms with Crippen molar-refractivity contribution < 1.29 is 0 Å². The van der Waals surface area contributed by atoms with Gasteiger partial charge in [0.1, 0.15) is 5.82 Å². The molecule has 0 spiro atoms. The lowest BCUT2D eigenvalue weighted by Gasteiger charge is -2.39. The third-order valence-electron chi connectivity index (χ3n) is 4.19. The molecule has 1 fully saturated rings. The largest absolute Gasteiger partial charge is 0.357 e. The second-order valence-corrected chi connectivity index (χ2v) is 6.64. The second kappa shape index (κ2) is 5.91. The standard InChI is InChI=1S/C16H27N3/c1-16(2,3)13-8-10-19(11-9-13)15-7-5-6-14(18-15)12-17-4/h5-7,13,17H,8-12H2,1-4H3. The summed E-state index contributed by atoms with van der Waals surface area (Å²) in [4.78, 5) is 7.17. The van der Waals surface area contributed by atoms with Crippen LogP contribution in [0.4, 0.5) is 5.82 Å². The number of nitrogens with one attached hydrogen (secondary N) is 1. The molecule has 1 aliphatic heterocycles. The number of hydrogen-bond acceptors (Lipinski definition) is 3. The van der Waals surface area contributed by atoms with Crippen LogP contribution >= 0.6 is 0 Å². The summed E-state index contributed by atoms with van der Waals surface area (Å²) in [6.07, 6.45) is 2.56. The Kier molecular flexibility index (Phi) is 4.46. The number of pyridine rings is 1. The average molecular weight is 261 g/mol. The Morgan fingerprint density at radius 2 is 1.95 bits per heavy atom. The van der Waals surface area contributed by atoms with E-state index < -0.39 is 0 Å². The SMILES string of the molecule is CNCc1cccc(N2CCC(C(C)(C)C)CC2)n1. The fraction of sp³-hybridized carbons (Fsp3) is 0.688. The third kappa shape index (κ3) is 3.69. The Morgan fingerprint density at radius 1 is 1.26 bits per heavy atom. The number of nitrogens with zero attached hydrogens (tertiary/aromatic N) is 2. The van der Waals surface area contributed by atoms with E-state index in [9.17, 15) is 0 Å². The first-order chi connectivity index (χ1) is 9.00. The van der Waals surface area contributed by atoms with Gasteiger partial charge in [-0.2, -0.15) is 0 Å². The molecule has 1 N–H and O–H groups in total. The Hall–Kier alpha value is -1.09. The maximum Gasteiger partial charge on any atom is 0.128 e. The Morgan fingerprint density at radius 3 is 2.53 bits per heavy atom. The van der Waals surface area contributed by atoms with Gasteiger partial charge in [0.15, 0.2) is 0 Å². The van der Waals surface area contributed by atoms with Crippen molar-refractivity contribution in [1.29, 1.82) is 0 Å². The molecule has 0 aromatic carbocycles. The molecular weight excluding hydrogens is 234 g/mol. The van der Waals surface area contributed by atoms with Gasteiger partial charge in [0, 0.05) is 19.6 Å². The average Bonchev–Trinajstić information content (AvgIpc) is 2.39. The molecule has 0 atom stereocenters. The summed E-state index contributed by atoms with van der Waals surface area (Å²) in [5, 5.41) is 3.16. The van der Waals surface area contributed by atoms with Crippen LogP contribution in [0.1, 0.15) is 39.3 Å². The molecule has 1 aliphatic rings. The highest BCUT2D eigenvalue weighted by Crippen LogP contribution is 2.35. The number of rotatable bonds is 3. The van der Waals surface area contributed by atoms with Crippen molar-refractivity contribution in [2.75, 3.05) is 25.0 Å². The molecule has 19 heavy (non-hydrogen) atoms. The first-order valence-corrected chi connectivity index (χ1v) is 7.36. The van der Waals surface area contributed by atoms with Crippen LogP contribution in [-0.2, 0) is 6.54 Å². The Labute approximate surface area is 117 Å². The van der Waals surface area contributed by atoms with Gasteiger partial charge in [-0.25, -0.2) is 4.98 Å². The lowest BCUT2D eigenvalue weighted by molar-refractivity contribution is 0.198. The summed E-state index contributed by atoms with van der Waals surface area (Å²) >= 11 is 0. The third-order valence-corrected chi connectivity index (χ3v) is 4.19. The van der Waals surface area contributed by atoms with Crippen LogP contribution in [0.5, 0.6) is 0 Å². The smallest absolute Gasteiger partial charge is 0.128 e. The highest BCUT2D eigenvalue weighted by Gasteiger charge is 2.29. The van der Waals surface area contributed by atoms with Gasteiger partial charge in [0.05, 0.1) is 5.69 Å². The van der Waals surface area contributed by atoms with Gasteiger partial charge in [-0.3, -0.25) is 0 Å². The highest BCUT2D eigenvalue weighted by atomic mass is 15.2. The van der Waals surface area contributed by atoms with E-state index in [4.69, 9.17) is 4.98 Å². The zero-order valence-corrected chi connectivity index (χ0v) is 12.7. The van der Waals surface area contributed by atoms with Crippen molar-refractivity contribution >= 4 is 5.82 Å². The van der Waals surface area contributed by atoms with E-state index in [0.717, 1.165) is 37.1 Å². The van der Waals surface area contributed by atoms with Gasteiger partial charge < -0.3 is 10.2 Å². The number of anilines is 1. The van der Waals surface area contributed by atoms with Crippen LogP contribution in [0.3, 0.4) is 0 Å². The van der Waals surface area contributed by atoms with Gasteiger partial charge in [-0.1, -0.05) is 26.8 Å². The molecule has 0 radical (unpaired) electrons. The molecule has 2 rings (SSSR count). The minimum atomic E-state index is 0.438. The Balaban J connectivity index is 1.99. The number of hydrogen-bond donors (Lipinski definition) is 1. The second-order valence-electron chi connectivity index (χ2n) is 6.64. The van der Waals surface area contributed by atoms with E-state index in [1.807, 2.05) is 7.05 Å². The van der Waals surface area contributed by atoms with Crippen molar-refractivity contribution in [2.24, 2.45) is 11.3 Å². The highest BCUT2D eigenvalue weighted by molar-refractivity contribution is 5.39. The lowest BCUT2D eigenvalue weighted by atomic mass is 9.75. The first-order valence-electron chi connectivity index (χ1n) is 7.36.